The monoisotopic (exact) mass is 279 g/mol. The van der Waals surface area contributed by atoms with Gasteiger partial charge in [-0.3, -0.25) is 0 Å². The van der Waals surface area contributed by atoms with Crippen molar-refractivity contribution in [3.63, 3.8) is 0 Å². The Morgan fingerprint density at radius 1 is 0.950 bits per heavy atom. The lowest BCUT2D eigenvalue weighted by Crippen LogP contribution is -2.02. The summed E-state index contributed by atoms with van der Waals surface area (Å²) in [6.07, 6.45) is 0. The van der Waals surface area contributed by atoms with Gasteiger partial charge in [-0.25, -0.2) is 8.78 Å². The van der Waals surface area contributed by atoms with Gasteiger partial charge in [0.1, 0.15) is 11.6 Å². The Morgan fingerprint density at radius 3 is 2.35 bits per heavy atom. The molecule has 3 nitrogen and oxygen atoms in total. The second-order valence-corrected chi connectivity index (χ2v) is 4.16. The van der Waals surface area contributed by atoms with E-state index in [-0.39, 0.29) is 6.54 Å². The Bertz CT molecular complexity index is 602. The van der Waals surface area contributed by atoms with Crippen molar-refractivity contribution < 1.29 is 18.3 Å². The van der Waals surface area contributed by atoms with Crippen LogP contribution in [0.1, 0.15) is 5.56 Å². The maximum atomic E-state index is 13.5. The van der Waals surface area contributed by atoms with Crippen molar-refractivity contribution in [1.29, 1.82) is 0 Å². The summed E-state index contributed by atoms with van der Waals surface area (Å²) >= 11 is 0. The van der Waals surface area contributed by atoms with E-state index in [1.54, 1.807) is 32.4 Å². The number of anilines is 1. The fraction of sp³-hybridized carbons (Fsp3) is 0.200. The number of methoxy groups -OCH3 is 2. The van der Waals surface area contributed by atoms with Crippen LogP contribution in [0.25, 0.3) is 0 Å². The first-order chi connectivity index (χ1) is 9.63. The molecule has 0 radical (unpaired) electrons. The second-order valence-electron chi connectivity index (χ2n) is 4.16. The van der Waals surface area contributed by atoms with Crippen molar-refractivity contribution in [2.24, 2.45) is 0 Å². The van der Waals surface area contributed by atoms with Crippen LogP contribution in [0.15, 0.2) is 36.4 Å². The molecule has 0 saturated carbocycles. The smallest absolute Gasteiger partial charge is 0.162 e. The lowest BCUT2D eigenvalue weighted by atomic mass is 10.2. The number of rotatable bonds is 5. The molecule has 0 heterocycles. The largest absolute Gasteiger partial charge is 0.493 e. The Labute approximate surface area is 116 Å². The molecule has 0 spiro atoms. The Morgan fingerprint density at radius 2 is 1.70 bits per heavy atom. The zero-order valence-corrected chi connectivity index (χ0v) is 11.2. The van der Waals surface area contributed by atoms with Gasteiger partial charge < -0.3 is 14.8 Å². The van der Waals surface area contributed by atoms with Crippen molar-refractivity contribution >= 4 is 5.69 Å². The van der Waals surface area contributed by atoms with Crippen molar-refractivity contribution in [2.75, 3.05) is 19.5 Å². The predicted molar refractivity (Wildman–Crippen MR) is 73.2 cm³/mol. The fourth-order valence-electron chi connectivity index (χ4n) is 1.81. The first-order valence-corrected chi connectivity index (χ1v) is 6.04. The predicted octanol–water partition coefficient (Wildman–Crippen LogP) is 3.59. The normalized spacial score (nSPS) is 10.2. The molecule has 2 aromatic rings. The zero-order chi connectivity index (χ0) is 14.5. The molecule has 1 N–H and O–H groups in total. The first-order valence-electron chi connectivity index (χ1n) is 6.04. The van der Waals surface area contributed by atoms with E-state index in [1.807, 2.05) is 0 Å². The molecule has 0 bridgehead atoms. The summed E-state index contributed by atoms with van der Waals surface area (Å²) in [7, 11) is 3.10. The van der Waals surface area contributed by atoms with Gasteiger partial charge in [0.25, 0.3) is 0 Å². The van der Waals surface area contributed by atoms with Gasteiger partial charge in [-0.1, -0.05) is 6.07 Å². The third-order valence-electron chi connectivity index (χ3n) is 2.88. The molecule has 0 aromatic heterocycles. The van der Waals surface area contributed by atoms with Crippen LogP contribution in [0.2, 0.25) is 0 Å². The summed E-state index contributed by atoms with van der Waals surface area (Å²) in [6, 6.07) is 8.81. The number of hydrogen-bond acceptors (Lipinski definition) is 3. The lowest BCUT2D eigenvalue weighted by Gasteiger charge is -2.11. The maximum absolute atomic E-state index is 13.5. The van der Waals surface area contributed by atoms with Crippen LogP contribution in [0.4, 0.5) is 14.5 Å². The molecule has 2 rings (SSSR count). The molecule has 0 unspecified atom stereocenters. The van der Waals surface area contributed by atoms with Crippen LogP contribution in [0.5, 0.6) is 11.5 Å². The van der Waals surface area contributed by atoms with Crippen LogP contribution in [0, 0.1) is 11.6 Å². The van der Waals surface area contributed by atoms with Crippen LogP contribution in [0.3, 0.4) is 0 Å². The highest BCUT2D eigenvalue weighted by Crippen LogP contribution is 2.29. The van der Waals surface area contributed by atoms with Gasteiger partial charge in [-0.15, -0.1) is 0 Å². The van der Waals surface area contributed by atoms with Crippen molar-refractivity contribution in [3.05, 3.63) is 53.6 Å². The summed E-state index contributed by atoms with van der Waals surface area (Å²) in [5, 5.41) is 3.05. The molecule has 0 fully saturated rings. The zero-order valence-electron chi connectivity index (χ0n) is 11.2. The van der Waals surface area contributed by atoms with E-state index >= 15 is 0 Å². The highest BCUT2D eigenvalue weighted by Gasteiger charge is 2.06. The number of halogens is 2. The van der Waals surface area contributed by atoms with Gasteiger partial charge in [-0.05, 0) is 18.2 Å². The topological polar surface area (TPSA) is 30.5 Å². The molecule has 0 saturated heterocycles. The molecule has 2 aromatic carbocycles. The van der Waals surface area contributed by atoms with Crippen LogP contribution in [-0.4, -0.2) is 14.2 Å². The minimum absolute atomic E-state index is 0.252. The van der Waals surface area contributed by atoms with E-state index in [0.29, 0.717) is 17.1 Å². The van der Waals surface area contributed by atoms with Gasteiger partial charge in [0.2, 0.25) is 0 Å². The molecule has 0 aliphatic carbocycles. The Kier molecular flexibility index (Phi) is 4.40. The third-order valence-corrected chi connectivity index (χ3v) is 2.88. The minimum atomic E-state index is -0.586. The Balaban J connectivity index is 2.10. The number of benzene rings is 2. The molecule has 5 heteroatoms. The first kappa shape index (κ1) is 14.1. The van der Waals surface area contributed by atoms with Crippen molar-refractivity contribution in [1.82, 2.24) is 0 Å². The minimum Gasteiger partial charge on any atom is -0.493 e. The molecule has 0 amide bonds. The Hall–Kier alpha value is -2.30. The fourth-order valence-corrected chi connectivity index (χ4v) is 1.81. The quantitative estimate of drug-likeness (QED) is 0.907. The average Bonchev–Trinajstić information content (AvgIpc) is 2.46. The van der Waals surface area contributed by atoms with Gasteiger partial charge in [0.05, 0.1) is 14.2 Å². The SMILES string of the molecule is COc1ccc(NCc2ccc(F)cc2F)cc1OC. The summed E-state index contributed by atoms with van der Waals surface area (Å²) in [5.41, 5.74) is 1.15. The second kappa shape index (κ2) is 6.23. The number of hydrogen-bond donors (Lipinski definition) is 1. The summed E-state index contributed by atoms with van der Waals surface area (Å²) < 4.78 is 36.6. The molecular formula is C15H15F2NO2. The lowest BCUT2D eigenvalue weighted by molar-refractivity contribution is 0.355. The summed E-state index contributed by atoms with van der Waals surface area (Å²) in [5.74, 6) is 0.0402. The maximum Gasteiger partial charge on any atom is 0.162 e. The van der Waals surface area contributed by atoms with Gasteiger partial charge >= 0.3 is 0 Å². The van der Waals surface area contributed by atoms with Crippen molar-refractivity contribution in [2.45, 2.75) is 6.54 Å². The van der Waals surface area contributed by atoms with E-state index in [4.69, 9.17) is 9.47 Å². The number of nitrogens with one attached hydrogen (secondary N) is 1. The molecule has 0 aliphatic heterocycles. The van der Waals surface area contributed by atoms with E-state index in [2.05, 4.69) is 5.32 Å². The average molecular weight is 279 g/mol. The van der Waals surface area contributed by atoms with E-state index in [0.717, 1.165) is 11.8 Å². The standard InChI is InChI=1S/C15H15F2NO2/c1-19-14-6-5-12(8-15(14)20-2)18-9-10-3-4-11(16)7-13(10)17/h3-8,18H,9H2,1-2H3. The molecule has 0 atom stereocenters. The molecule has 0 aliphatic rings. The van der Waals surface area contributed by atoms with Gasteiger partial charge in [-0.2, -0.15) is 0 Å². The van der Waals surface area contributed by atoms with E-state index < -0.39 is 11.6 Å². The summed E-state index contributed by atoms with van der Waals surface area (Å²) in [6.45, 7) is 0.252. The van der Waals surface area contributed by atoms with Crippen LogP contribution >= 0.6 is 0 Å². The molecule has 20 heavy (non-hydrogen) atoms. The van der Waals surface area contributed by atoms with Crippen LogP contribution < -0.4 is 14.8 Å². The third kappa shape index (κ3) is 3.17. The summed E-state index contributed by atoms with van der Waals surface area (Å²) in [4.78, 5) is 0. The van der Waals surface area contributed by atoms with Crippen LogP contribution in [-0.2, 0) is 6.54 Å². The van der Waals surface area contributed by atoms with Crippen molar-refractivity contribution in [3.8, 4) is 11.5 Å². The highest BCUT2D eigenvalue weighted by molar-refractivity contribution is 5.54. The van der Waals surface area contributed by atoms with E-state index in [9.17, 15) is 8.78 Å². The number of ether oxygens (including phenoxy) is 2. The molecular weight excluding hydrogens is 264 g/mol. The van der Waals surface area contributed by atoms with Gasteiger partial charge in [0.15, 0.2) is 11.5 Å². The van der Waals surface area contributed by atoms with E-state index in [1.165, 1.54) is 12.1 Å². The highest BCUT2D eigenvalue weighted by atomic mass is 19.1. The van der Waals surface area contributed by atoms with Gasteiger partial charge in [0, 0.05) is 29.9 Å². The molecule has 106 valence electrons.